The number of anilines is 1. The Morgan fingerprint density at radius 2 is 1.71 bits per heavy atom. The normalized spacial score (nSPS) is 24.4. The van der Waals surface area contributed by atoms with Crippen molar-refractivity contribution >= 4 is 34.9 Å². The Bertz CT molecular complexity index is 1270. The summed E-state index contributed by atoms with van der Waals surface area (Å²) in [4.78, 5) is 63.2. The summed E-state index contributed by atoms with van der Waals surface area (Å²) in [5.74, 6) is -2.89. The van der Waals surface area contributed by atoms with Crippen LogP contribution in [0.25, 0.3) is 0 Å². The zero-order valence-electron chi connectivity index (χ0n) is 18.2. The maximum absolute atomic E-state index is 13.1. The molecule has 9 nitrogen and oxygen atoms in total. The quantitative estimate of drug-likeness (QED) is 0.162. The minimum atomic E-state index is -0.871. The summed E-state index contributed by atoms with van der Waals surface area (Å²) >= 11 is 0. The third kappa shape index (κ3) is 3.32. The van der Waals surface area contributed by atoms with Crippen LogP contribution < -0.4 is 4.90 Å². The lowest BCUT2D eigenvalue weighted by Crippen LogP contribution is -2.34. The lowest BCUT2D eigenvalue weighted by Gasteiger charge is -2.19. The number of nitro groups is 1. The fraction of sp³-hybridized carbons (Fsp3) is 0.280. The van der Waals surface area contributed by atoms with Gasteiger partial charge in [-0.25, -0.2) is 9.69 Å². The van der Waals surface area contributed by atoms with Crippen LogP contribution in [-0.2, 0) is 14.3 Å². The molecule has 2 bridgehead atoms. The van der Waals surface area contributed by atoms with Crippen molar-refractivity contribution in [3.63, 3.8) is 0 Å². The van der Waals surface area contributed by atoms with Crippen LogP contribution in [0.2, 0.25) is 0 Å². The highest BCUT2D eigenvalue weighted by molar-refractivity contribution is 6.24. The second-order valence-corrected chi connectivity index (χ2v) is 8.79. The molecule has 4 atom stereocenters. The third-order valence-corrected chi connectivity index (χ3v) is 6.90. The highest BCUT2D eigenvalue weighted by Crippen LogP contribution is 2.53. The topological polar surface area (TPSA) is 124 Å². The molecule has 1 saturated carbocycles. The number of carbonyl (C=O) groups is 4. The van der Waals surface area contributed by atoms with Gasteiger partial charge in [-0.2, -0.15) is 0 Å². The SMILES string of the molecule is Cc1ccc(C(=O)COC(=O)c2ccccc2N2C(=O)[C@@H]3[C@H](C2=O)[C@H]2C=C[C@H]3C2)cc1[N+](=O)[O-]. The first-order chi connectivity index (χ1) is 16.3. The van der Waals surface area contributed by atoms with E-state index in [0.29, 0.717) is 5.56 Å². The van der Waals surface area contributed by atoms with Crippen LogP contribution in [-0.4, -0.2) is 35.1 Å². The number of nitrogens with zero attached hydrogens (tertiary/aromatic N) is 2. The molecule has 0 spiro atoms. The lowest BCUT2D eigenvalue weighted by atomic mass is 9.85. The number of allylic oxidation sites excluding steroid dienone is 2. The van der Waals surface area contributed by atoms with Crippen LogP contribution in [0.15, 0.2) is 54.6 Å². The Morgan fingerprint density at radius 3 is 2.35 bits per heavy atom. The van der Waals surface area contributed by atoms with Crippen LogP contribution in [0, 0.1) is 40.7 Å². The Labute approximate surface area is 194 Å². The minimum Gasteiger partial charge on any atom is -0.454 e. The first kappa shape index (κ1) is 21.7. The fourth-order valence-electron chi connectivity index (χ4n) is 5.25. The van der Waals surface area contributed by atoms with Crippen LogP contribution in [0.1, 0.15) is 32.7 Å². The maximum atomic E-state index is 13.1. The second-order valence-electron chi connectivity index (χ2n) is 8.79. The van der Waals surface area contributed by atoms with E-state index < -0.39 is 35.1 Å². The summed E-state index contributed by atoms with van der Waals surface area (Å²) in [5, 5.41) is 11.1. The number of imide groups is 1. The number of Topliss-reactive ketones (excluding diaryl/α,β-unsaturated/α-hetero) is 1. The molecule has 2 fully saturated rings. The van der Waals surface area contributed by atoms with Crippen LogP contribution in [0.3, 0.4) is 0 Å². The van der Waals surface area contributed by atoms with E-state index >= 15 is 0 Å². The average molecular weight is 460 g/mol. The van der Waals surface area contributed by atoms with Gasteiger partial charge < -0.3 is 4.74 Å². The molecule has 2 aromatic rings. The van der Waals surface area contributed by atoms with Gasteiger partial charge in [-0.05, 0) is 37.3 Å². The van der Waals surface area contributed by atoms with Gasteiger partial charge in [-0.3, -0.25) is 24.5 Å². The standard InChI is InChI=1S/C25H20N2O7/c1-13-6-7-14(11-19(13)27(32)33)20(28)12-34-25(31)17-4-2-3-5-18(17)26-23(29)21-15-8-9-16(10-15)22(21)24(26)30/h2-9,11,15-16,21-22H,10,12H2,1H3/t15-,16-,21-,22+/m0/s1. The largest absolute Gasteiger partial charge is 0.454 e. The van der Waals surface area contributed by atoms with E-state index in [0.717, 1.165) is 17.4 Å². The zero-order chi connectivity index (χ0) is 24.1. The van der Waals surface area contributed by atoms with E-state index in [1.807, 2.05) is 12.2 Å². The summed E-state index contributed by atoms with van der Waals surface area (Å²) in [6, 6.07) is 10.1. The van der Waals surface area contributed by atoms with Crippen LogP contribution >= 0.6 is 0 Å². The van der Waals surface area contributed by atoms with Gasteiger partial charge in [-0.1, -0.05) is 36.4 Å². The van der Waals surface area contributed by atoms with Gasteiger partial charge in [0.15, 0.2) is 6.61 Å². The molecule has 1 saturated heterocycles. The number of amides is 2. The Morgan fingerprint density at radius 1 is 1.06 bits per heavy atom. The van der Waals surface area contributed by atoms with Gasteiger partial charge in [-0.15, -0.1) is 0 Å². The third-order valence-electron chi connectivity index (χ3n) is 6.90. The average Bonchev–Trinajstić information content (AvgIpc) is 3.51. The predicted molar refractivity (Wildman–Crippen MR) is 119 cm³/mol. The first-order valence-corrected chi connectivity index (χ1v) is 10.9. The number of esters is 1. The molecule has 1 heterocycles. The molecule has 9 heteroatoms. The summed E-state index contributed by atoms with van der Waals surface area (Å²) < 4.78 is 5.17. The van der Waals surface area contributed by atoms with Crippen molar-refractivity contribution in [3.05, 3.63) is 81.4 Å². The monoisotopic (exact) mass is 460 g/mol. The van der Waals surface area contributed by atoms with Crippen molar-refractivity contribution in [1.29, 1.82) is 0 Å². The molecule has 5 rings (SSSR count). The number of carbonyl (C=O) groups excluding carboxylic acids is 4. The summed E-state index contributed by atoms with van der Waals surface area (Å²) in [7, 11) is 0. The van der Waals surface area contributed by atoms with E-state index in [1.165, 1.54) is 24.3 Å². The van der Waals surface area contributed by atoms with E-state index in [4.69, 9.17) is 4.74 Å². The number of fused-ring (bicyclic) bond motifs is 5. The van der Waals surface area contributed by atoms with Gasteiger partial charge in [0.2, 0.25) is 17.6 Å². The second kappa shape index (κ2) is 8.02. The van der Waals surface area contributed by atoms with Crippen molar-refractivity contribution in [1.82, 2.24) is 0 Å². The van der Waals surface area contributed by atoms with Gasteiger partial charge >= 0.3 is 5.97 Å². The van der Waals surface area contributed by atoms with Crippen molar-refractivity contribution in [2.75, 3.05) is 11.5 Å². The molecule has 0 radical (unpaired) electrons. The molecule has 172 valence electrons. The summed E-state index contributed by atoms with van der Waals surface area (Å²) in [5.41, 5.74) is 0.365. The van der Waals surface area contributed by atoms with Crippen LogP contribution in [0.5, 0.6) is 0 Å². The maximum Gasteiger partial charge on any atom is 0.340 e. The molecule has 2 aromatic carbocycles. The number of hydrogen-bond donors (Lipinski definition) is 0. The number of para-hydroxylation sites is 1. The zero-order valence-corrected chi connectivity index (χ0v) is 18.2. The van der Waals surface area contributed by atoms with Crippen molar-refractivity contribution in [2.24, 2.45) is 23.7 Å². The van der Waals surface area contributed by atoms with Crippen LogP contribution in [0.4, 0.5) is 11.4 Å². The minimum absolute atomic E-state index is 0.00725. The molecule has 0 N–H and O–H groups in total. The lowest BCUT2D eigenvalue weighted by molar-refractivity contribution is -0.385. The van der Waals surface area contributed by atoms with Crippen molar-refractivity contribution < 1.29 is 28.8 Å². The first-order valence-electron chi connectivity index (χ1n) is 10.9. The number of ketones is 1. The Kier molecular flexibility index (Phi) is 5.11. The number of rotatable bonds is 6. The van der Waals surface area contributed by atoms with Crippen molar-refractivity contribution in [2.45, 2.75) is 13.3 Å². The van der Waals surface area contributed by atoms with E-state index in [-0.39, 0.29) is 46.2 Å². The van der Waals surface area contributed by atoms with Crippen molar-refractivity contribution in [3.8, 4) is 0 Å². The molecular formula is C25H20N2O7. The number of hydrogen-bond acceptors (Lipinski definition) is 7. The summed E-state index contributed by atoms with van der Waals surface area (Å²) in [6.07, 6.45) is 4.77. The van der Waals surface area contributed by atoms with Gasteiger partial charge in [0, 0.05) is 17.2 Å². The molecule has 1 aliphatic heterocycles. The Hall–Kier alpha value is -4.14. The predicted octanol–water partition coefficient (Wildman–Crippen LogP) is 3.25. The number of aryl methyl sites for hydroxylation is 1. The molecule has 2 aliphatic carbocycles. The smallest absolute Gasteiger partial charge is 0.340 e. The molecule has 34 heavy (non-hydrogen) atoms. The highest BCUT2D eigenvalue weighted by Gasteiger charge is 2.59. The van der Waals surface area contributed by atoms with Gasteiger partial charge in [0.1, 0.15) is 0 Å². The van der Waals surface area contributed by atoms with Gasteiger partial charge in [0.25, 0.3) is 5.69 Å². The molecule has 2 amide bonds. The van der Waals surface area contributed by atoms with E-state index in [9.17, 15) is 29.3 Å². The Balaban J connectivity index is 1.34. The molecular weight excluding hydrogens is 440 g/mol. The number of benzene rings is 2. The highest BCUT2D eigenvalue weighted by atomic mass is 16.6. The molecule has 3 aliphatic rings. The summed E-state index contributed by atoms with van der Waals surface area (Å²) in [6.45, 7) is 0.911. The molecule has 0 unspecified atom stereocenters. The van der Waals surface area contributed by atoms with E-state index in [1.54, 1.807) is 19.1 Å². The van der Waals surface area contributed by atoms with Gasteiger partial charge in [0.05, 0.1) is 28.0 Å². The van der Waals surface area contributed by atoms with E-state index in [2.05, 4.69) is 0 Å². The fourth-order valence-corrected chi connectivity index (χ4v) is 5.25. The molecule has 0 aromatic heterocycles. The number of nitro benzene ring substituents is 1. The number of ether oxygens (including phenoxy) is 1.